The maximum absolute atomic E-state index is 5.71. The van der Waals surface area contributed by atoms with E-state index in [0.717, 1.165) is 30.2 Å². The first-order valence-electron chi connectivity index (χ1n) is 8.47. The van der Waals surface area contributed by atoms with E-state index in [1.807, 2.05) is 35.7 Å². The number of rotatable bonds is 5. The van der Waals surface area contributed by atoms with Gasteiger partial charge in [0.15, 0.2) is 5.82 Å². The van der Waals surface area contributed by atoms with Gasteiger partial charge in [0.2, 0.25) is 5.95 Å². The highest BCUT2D eigenvalue weighted by Crippen LogP contribution is 2.24. The number of hydrogen-bond acceptors (Lipinski definition) is 8. The summed E-state index contributed by atoms with van der Waals surface area (Å²) in [6.07, 6.45) is 9.02. The van der Waals surface area contributed by atoms with Crippen LogP contribution < -0.4 is 15.1 Å². The highest BCUT2D eigenvalue weighted by Gasteiger charge is 2.34. The predicted octanol–water partition coefficient (Wildman–Crippen LogP) is 0.901. The lowest BCUT2D eigenvalue weighted by molar-refractivity contribution is 0.113. The molecule has 0 radical (unpaired) electrons. The second-order valence-corrected chi connectivity index (χ2v) is 6.50. The van der Waals surface area contributed by atoms with Gasteiger partial charge in [-0.1, -0.05) is 0 Å². The highest BCUT2D eigenvalue weighted by atomic mass is 16.5. The van der Waals surface area contributed by atoms with Crippen molar-refractivity contribution < 1.29 is 4.74 Å². The van der Waals surface area contributed by atoms with E-state index in [9.17, 15) is 0 Å². The van der Waals surface area contributed by atoms with Crippen LogP contribution in [-0.2, 0) is 4.74 Å². The number of methoxy groups -OCH3 is 1. The van der Waals surface area contributed by atoms with Gasteiger partial charge in [0, 0.05) is 52.9 Å². The average Bonchev–Trinajstić information content (AvgIpc) is 3.29. The molecule has 0 bridgehead atoms. The molecule has 3 aromatic heterocycles. The summed E-state index contributed by atoms with van der Waals surface area (Å²) in [5.41, 5.74) is 0.942. The topological polar surface area (TPSA) is 83.7 Å². The molecule has 4 rings (SSSR count). The summed E-state index contributed by atoms with van der Waals surface area (Å²) in [7, 11) is 5.60. The van der Waals surface area contributed by atoms with Crippen LogP contribution in [0.15, 0.2) is 37.2 Å². The van der Waals surface area contributed by atoms with E-state index in [1.54, 1.807) is 32.0 Å². The smallest absolute Gasteiger partial charge is 0.226 e. The van der Waals surface area contributed by atoms with Crippen molar-refractivity contribution in [1.29, 1.82) is 0 Å². The Morgan fingerprint density at radius 3 is 2.92 bits per heavy atom. The summed E-state index contributed by atoms with van der Waals surface area (Å²) >= 11 is 0. The number of imidazole rings is 1. The first kappa shape index (κ1) is 16.5. The van der Waals surface area contributed by atoms with Gasteiger partial charge in [0.25, 0.3) is 0 Å². The van der Waals surface area contributed by atoms with Crippen LogP contribution in [0.1, 0.15) is 0 Å². The molecule has 3 aromatic rings. The molecule has 4 heterocycles. The molecule has 2 atom stereocenters. The number of aromatic nitrogens is 5. The molecule has 0 saturated carbocycles. The van der Waals surface area contributed by atoms with Crippen molar-refractivity contribution in [2.24, 2.45) is 0 Å². The van der Waals surface area contributed by atoms with Crippen molar-refractivity contribution >= 4 is 23.1 Å². The largest absolute Gasteiger partial charge is 0.377 e. The number of nitrogens with one attached hydrogen (secondary N) is 1. The molecule has 0 unspecified atom stereocenters. The molecule has 1 aliphatic heterocycles. The van der Waals surface area contributed by atoms with Crippen molar-refractivity contribution in [3.8, 4) is 0 Å². The maximum Gasteiger partial charge on any atom is 0.226 e. The summed E-state index contributed by atoms with van der Waals surface area (Å²) in [6, 6.07) is 2.02. The van der Waals surface area contributed by atoms with Crippen molar-refractivity contribution in [1.82, 2.24) is 24.3 Å². The van der Waals surface area contributed by atoms with Crippen molar-refractivity contribution in [3.05, 3.63) is 37.2 Å². The van der Waals surface area contributed by atoms with E-state index in [4.69, 9.17) is 4.74 Å². The Balaban J connectivity index is 1.56. The summed E-state index contributed by atoms with van der Waals surface area (Å²) in [5.74, 6) is 2.39. The van der Waals surface area contributed by atoms with Crippen LogP contribution in [0.2, 0.25) is 0 Å². The van der Waals surface area contributed by atoms with Crippen LogP contribution in [0.25, 0.3) is 5.52 Å². The lowest BCUT2D eigenvalue weighted by Gasteiger charge is -2.19. The van der Waals surface area contributed by atoms with Crippen LogP contribution in [0.3, 0.4) is 0 Å². The van der Waals surface area contributed by atoms with Gasteiger partial charge in [0.05, 0.1) is 24.7 Å². The molecule has 0 aromatic carbocycles. The van der Waals surface area contributed by atoms with Gasteiger partial charge in [-0.05, 0) is 6.07 Å². The number of anilines is 3. The van der Waals surface area contributed by atoms with E-state index in [-0.39, 0.29) is 12.1 Å². The Bertz CT molecular complexity index is 895. The van der Waals surface area contributed by atoms with Gasteiger partial charge in [0.1, 0.15) is 11.3 Å². The van der Waals surface area contributed by atoms with Crippen molar-refractivity contribution in [2.75, 3.05) is 49.4 Å². The zero-order valence-electron chi connectivity index (χ0n) is 15.1. The molecule has 9 nitrogen and oxygen atoms in total. The van der Waals surface area contributed by atoms with Crippen LogP contribution >= 0.6 is 0 Å². The lowest BCUT2D eigenvalue weighted by atomic mass is 10.2. The van der Waals surface area contributed by atoms with E-state index < -0.39 is 0 Å². The van der Waals surface area contributed by atoms with Gasteiger partial charge in [-0.2, -0.15) is 4.98 Å². The lowest BCUT2D eigenvalue weighted by Crippen LogP contribution is -2.34. The molecule has 9 heteroatoms. The number of fused-ring (bicyclic) bond motifs is 1. The number of hydrogen-bond donors (Lipinski definition) is 1. The Morgan fingerprint density at radius 2 is 2.12 bits per heavy atom. The van der Waals surface area contributed by atoms with Crippen LogP contribution in [0, 0.1) is 0 Å². The van der Waals surface area contributed by atoms with E-state index in [0.29, 0.717) is 5.95 Å². The fourth-order valence-electron chi connectivity index (χ4n) is 3.21. The minimum atomic E-state index is 0.0257. The summed E-state index contributed by atoms with van der Waals surface area (Å²) in [6.45, 7) is 1.51. The van der Waals surface area contributed by atoms with E-state index in [2.05, 4.69) is 30.2 Å². The molecule has 1 saturated heterocycles. The molecule has 136 valence electrons. The highest BCUT2D eigenvalue weighted by molar-refractivity contribution is 5.67. The maximum atomic E-state index is 5.71. The third kappa shape index (κ3) is 3.01. The third-order valence-electron chi connectivity index (χ3n) is 4.58. The standard InChI is InChI=1S/C17H22N8O/c1-23(2)17-20-5-4-15(22-17)25-9-12(14(10-25)26-3)21-16-13-8-18-11-24(13)7-6-19-16/h4-8,11-12,14H,9-10H2,1-3H3,(H,19,21)/t12-,14+/m0/s1. The first-order valence-corrected chi connectivity index (χ1v) is 8.47. The van der Waals surface area contributed by atoms with Gasteiger partial charge in [-0.3, -0.25) is 0 Å². The minimum absolute atomic E-state index is 0.0257. The van der Waals surface area contributed by atoms with Crippen LogP contribution in [0.4, 0.5) is 17.6 Å². The Hall–Kier alpha value is -2.94. The summed E-state index contributed by atoms with van der Waals surface area (Å²) in [5, 5.41) is 3.52. The quantitative estimate of drug-likeness (QED) is 0.724. The first-order chi connectivity index (χ1) is 12.7. The molecule has 0 spiro atoms. The fourth-order valence-corrected chi connectivity index (χ4v) is 3.21. The average molecular weight is 354 g/mol. The second kappa shape index (κ2) is 6.75. The van der Waals surface area contributed by atoms with Gasteiger partial charge in [-0.25, -0.2) is 15.0 Å². The van der Waals surface area contributed by atoms with Crippen molar-refractivity contribution in [3.63, 3.8) is 0 Å². The molecule has 0 aliphatic carbocycles. The molecule has 26 heavy (non-hydrogen) atoms. The molecule has 1 fully saturated rings. The van der Waals surface area contributed by atoms with Crippen molar-refractivity contribution in [2.45, 2.75) is 12.1 Å². The Morgan fingerprint density at radius 1 is 1.23 bits per heavy atom. The Labute approximate surface area is 151 Å². The molecule has 1 N–H and O–H groups in total. The molecular weight excluding hydrogens is 332 g/mol. The normalized spacial score (nSPS) is 19.9. The number of nitrogens with zero attached hydrogens (tertiary/aromatic N) is 7. The van der Waals surface area contributed by atoms with E-state index in [1.165, 1.54) is 0 Å². The SMILES string of the molecule is CO[C@@H]1CN(c2ccnc(N(C)C)n2)C[C@@H]1Nc1nccn2cncc12. The Kier molecular flexibility index (Phi) is 4.29. The minimum Gasteiger partial charge on any atom is -0.377 e. The summed E-state index contributed by atoms with van der Waals surface area (Å²) in [4.78, 5) is 21.7. The predicted molar refractivity (Wildman–Crippen MR) is 99.8 cm³/mol. The van der Waals surface area contributed by atoms with E-state index >= 15 is 0 Å². The molecule has 0 amide bonds. The second-order valence-electron chi connectivity index (χ2n) is 6.50. The van der Waals surface area contributed by atoms with Gasteiger partial charge in [-0.15, -0.1) is 0 Å². The molecule has 1 aliphatic rings. The van der Waals surface area contributed by atoms with Crippen LogP contribution in [-0.4, -0.2) is 70.8 Å². The third-order valence-corrected chi connectivity index (χ3v) is 4.58. The zero-order valence-corrected chi connectivity index (χ0v) is 15.1. The number of ether oxygens (including phenoxy) is 1. The van der Waals surface area contributed by atoms with Crippen LogP contribution in [0.5, 0.6) is 0 Å². The molecular formula is C17H22N8O. The monoisotopic (exact) mass is 354 g/mol. The van der Waals surface area contributed by atoms with Gasteiger partial charge >= 0.3 is 0 Å². The zero-order chi connectivity index (χ0) is 18.1. The summed E-state index contributed by atoms with van der Waals surface area (Å²) < 4.78 is 7.65. The fraction of sp³-hybridized carbons (Fsp3) is 0.412. The van der Waals surface area contributed by atoms with Gasteiger partial charge < -0.3 is 24.3 Å².